The molecule has 9 atom stereocenters. The molecule has 0 bridgehead atoms. The molecule has 4 aromatic rings. The Balaban J connectivity index is 1.30. The lowest BCUT2D eigenvalue weighted by molar-refractivity contribution is -1.04. The summed E-state index contributed by atoms with van der Waals surface area (Å²) in [7, 11) is 0. The fourth-order valence-corrected chi connectivity index (χ4v) is 8.55. The van der Waals surface area contributed by atoms with Crippen LogP contribution in [-0.2, 0) is 35.1 Å². The Hall–Kier alpha value is -6.17. The summed E-state index contributed by atoms with van der Waals surface area (Å²) in [6, 6.07) is 13.8. The maximum Gasteiger partial charge on any atom is 0.337 e. The smallest absolute Gasteiger partial charge is 0.337 e. The van der Waals surface area contributed by atoms with Gasteiger partial charge in [-0.15, -0.1) is 0 Å². The zero-order valence-corrected chi connectivity index (χ0v) is 36.9. The molecule has 1 aromatic heterocycles. The van der Waals surface area contributed by atoms with E-state index in [1.54, 1.807) is 24.4 Å². The number of phenolic OH excluding ortho intramolecular Hbond substituents is 1. The van der Waals surface area contributed by atoms with Crippen molar-refractivity contribution in [2.75, 3.05) is 26.3 Å². The van der Waals surface area contributed by atoms with Crippen LogP contribution in [0.1, 0.15) is 48.8 Å². The van der Waals surface area contributed by atoms with Crippen molar-refractivity contribution in [1.82, 2.24) is 5.32 Å². The largest absolute Gasteiger partial charge is 0.508 e. The molecule has 3 aromatic carbocycles. The number of aliphatic imine (C=N–C) groups is 1. The summed E-state index contributed by atoms with van der Waals surface area (Å²) in [6.45, 7) is 1.34. The fourth-order valence-electron chi connectivity index (χ4n) is 8.55. The number of aromatic hydroxyl groups is 1. The van der Waals surface area contributed by atoms with E-state index >= 15 is 0 Å². The maximum atomic E-state index is 13.7. The van der Waals surface area contributed by atoms with Gasteiger partial charge in [-0.05, 0) is 92.6 Å². The summed E-state index contributed by atoms with van der Waals surface area (Å²) in [4.78, 5) is 61.1. The number of carboxylic acids is 1. The van der Waals surface area contributed by atoms with Crippen LogP contribution in [0.25, 0.3) is 27.8 Å². The van der Waals surface area contributed by atoms with E-state index in [1.807, 2.05) is 25.1 Å². The van der Waals surface area contributed by atoms with E-state index in [4.69, 9.17) is 23.5 Å². The number of phenols is 1. The summed E-state index contributed by atoms with van der Waals surface area (Å²) >= 11 is 0. The monoisotopic (exact) mass is 944 g/mol. The van der Waals surface area contributed by atoms with E-state index in [1.165, 1.54) is 36.6 Å². The van der Waals surface area contributed by atoms with Crippen molar-refractivity contribution in [1.29, 1.82) is 0 Å². The number of aldehydes is 1. The molecule has 0 saturated carbocycles. The predicted molar refractivity (Wildman–Crippen MR) is 240 cm³/mol. The molecule has 1 fully saturated rings. The standard InChI is InChI=1S/C48H53N3O17/c1-26-20-27(6-2-3-17-52)22-30(21-26)39-37-29(14-16-50-37)24-51(39)68-43-47(65-32-12-13-33-35(23-32)64-25-34(40(33)57)28-8-10-31(55)11-9-28)66-41(42(58)48(43,63)36(56)7-4-18-53)46(62)67-45(61)38(44(59)60)49-15-5-19-54/h8-14,16,19-23,25,36,38,41-43,46-47,49,52-53,55-56,58,62-63H,2-7,15,17-18,24H2,1H3,(H,59,60)/p+1. The number of carbonyl (C=O) groups excluding carboxylic acids is 2. The highest BCUT2D eigenvalue weighted by Crippen LogP contribution is 2.40. The minimum atomic E-state index is -2.91. The lowest BCUT2D eigenvalue weighted by Gasteiger charge is -2.51. The molecule has 4 heterocycles. The number of ether oxygens (including phenoxy) is 3. The highest BCUT2D eigenvalue weighted by molar-refractivity contribution is 5.98. The number of fused-ring (bicyclic) bond motifs is 2. The molecule has 7 rings (SSSR count). The first-order valence-corrected chi connectivity index (χ1v) is 22.1. The Labute approximate surface area is 388 Å². The summed E-state index contributed by atoms with van der Waals surface area (Å²) in [5, 5.41) is 89.8. The van der Waals surface area contributed by atoms with E-state index in [9.17, 15) is 60.0 Å². The molecular formula is C48H54N3O17+. The number of aliphatic hydroxyl groups excluding tert-OH is 5. The summed E-state index contributed by atoms with van der Waals surface area (Å²) in [6.07, 6.45) is -6.56. The van der Waals surface area contributed by atoms with Gasteiger partial charge in [0.1, 0.15) is 48.0 Å². The number of benzene rings is 3. The Morgan fingerprint density at radius 1 is 1.03 bits per heavy atom. The molecule has 0 amide bonds. The first-order valence-electron chi connectivity index (χ1n) is 22.1. The number of allylic oxidation sites excluding steroid dienone is 1. The summed E-state index contributed by atoms with van der Waals surface area (Å²) < 4.78 is 23.5. The predicted octanol–water partition coefficient (Wildman–Crippen LogP) is 0.190. The van der Waals surface area contributed by atoms with Gasteiger partial charge in [-0.25, -0.2) is 14.6 Å². The van der Waals surface area contributed by atoms with Crippen LogP contribution >= 0.6 is 0 Å². The number of aliphatic hydroxyl groups is 6. The number of quaternary nitrogens is 1. The van der Waals surface area contributed by atoms with Gasteiger partial charge in [0.25, 0.3) is 0 Å². The average molecular weight is 945 g/mol. The second-order valence-electron chi connectivity index (χ2n) is 16.7. The number of carboxylic acid groups (broad SMARTS) is 1. The zero-order valence-electron chi connectivity index (χ0n) is 36.9. The van der Waals surface area contributed by atoms with Crippen LogP contribution in [0.4, 0.5) is 0 Å². The van der Waals surface area contributed by atoms with Crippen LogP contribution in [0, 0.1) is 6.92 Å². The zero-order chi connectivity index (χ0) is 48.7. The number of rotatable bonds is 22. The number of nitrogens with one attached hydrogen (secondary N) is 2. The highest BCUT2D eigenvalue weighted by Gasteiger charge is 2.65. The number of hydrogen-bond acceptors (Lipinski definition) is 18. The molecule has 20 nitrogen and oxygen atoms in total. The second kappa shape index (κ2) is 21.8. The van der Waals surface area contributed by atoms with Crippen LogP contribution in [0.3, 0.4) is 0 Å². The molecular weight excluding hydrogens is 891 g/mol. The van der Waals surface area contributed by atoms with E-state index < -0.39 is 72.6 Å². The van der Waals surface area contributed by atoms with Crippen molar-refractivity contribution in [2.45, 2.75) is 94.1 Å². The van der Waals surface area contributed by atoms with Gasteiger partial charge in [0.2, 0.25) is 24.7 Å². The highest BCUT2D eigenvalue weighted by atomic mass is 16.8. The minimum absolute atomic E-state index is 0.00372. The van der Waals surface area contributed by atoms with Crippen LogP contribution in [0.15, 0.2) is 98.5 Å². The van der Waals surface area contributed by atoms with Crippen LogP contribution < -0.4 is 20.5 Å². The summed E-state index contributed by atoms with van der Waals surface area (Å²) in [5.41, 5.74) is 1.69. The fraction of sp³-hybridized carbons (Fsp3) is 0.396. The lowest BCUT2D eigenvalue weighted by atomic mass is 9.77. The van der Waals surface area contributed by atoms with Gasteiger partial charge in [-0.3, -0.25) is 10.1 Å². The SMILES string of the molecule is Cc1cc(CCCCO)cc(C2=C3N=CC=C3C[NH+]2OC2C(Oc3ccc4c(=O)c(-c5ccc(O)cc5)coc4c3)OC(C(O)OC(=O)C(NCCC=O)C(=O)O)C(O)C2(O)C(O)CCCO)c1. The Morgan fingerprint density at radius 2 is 1.79 bits per heavy atom. The van der Waals surface area contributed by atoms with Gasteiger partial charge < -0.3 is 64.3 Å². The lowest BCUT2D eigenvalue weighted by Crippen LogP contribution is -3.09. The number of hydroxylamine groups is 2. The first-order chi connectivity index (χ1) is 32.7. The number of nitrogens with zero attached hydrogens (tertiary/aromatic N) is 1. The Morgan fingerprint density at radius 3 is 2.51 bits per heavy atom. The molecule has 0 radical (unpaired) electrons. The third-order valence-corrected chi connectivity index (χ3v) is 12.0. The van der Waals surface area contributed by atoms with Crippen molar-refractivity contribution >= 4 is 41.1 Å². The maximum absolute atomic E-state index is 13.7. The molecule has 362 valence electrons. The number of unbranched alkanes of at least 4 members (excludes halogenated alkanes) is 1. The van der Waals surface area contributed by atoms with Crippen LogP contribution in [-0.4, -0.2) is 140 Å². The van der Waals surface area contributed by atoms with Crippen LogP contribution in [0.5, 0.6) is 11.5 Å². The van der Waals surface area contributed by atoms with Gasteiger partial charge in [0.05, 0.1) is 17.1 Å². The average Bonchev–Trinajstić information content (AvgIpc) is 3.91. The number of aliphatic carboxylic acids is 1. The molecule has 1 saturated heterocycles. The van der Waals surface area contributed by atoms with Crippen molar-refractivity contribution in [3.05, 3.63) is 111 Å². The van der Waals surface area contributed by atoms with Crippen molar-refractivity contribution in [3.8, 4) is 22.6 Å². The quantitative estimate of drug-likeness (QED) is 0.0165. The molecule has 20 heteroatoms. The molecule has 10 N–H and O–H groups in total. The van der Waals surface area contributed by atoms with Gasteiger partial charge in [0.15, 0.2) is 22.8 Å². The molecule has 3 aliphatic rings. The van der Waals surface area contributed by atoms with Crippen LogP contribution in [0.2, 0.25) is 0 Å². The van der Waals surface area contributed by atoms with Crippen molar-refractivity contribution < 1.29 is 83.8 Å². The minimum Gasteiger partial charge on any atom is -0.508 e. The molecule has 0 spiro atoms. The Bertz CT molecular complexity index is 2630. The number of aryl methyl sites for hydroxylation is 2. The van der Waals surface area contributed by atoms with E-state index in [2.05, 4.69) is 10.3 Å². The van der Waals surface area contributed by atoms with E-state index in [-0.39, 0.29) is 72.1 Å². The molecule has 0 aliphatic carbocycles. The normalized spacial score (nSPS) is 23.5. The van der Waals surface area contributed by atoms with E-state index in [0.29, 0.717) is 48.1 Å². The number of esters is 1. The molecule has 9 unspecified atom stereocenters. The Kier molecular flexibility index (Phi) is 16.0. The first kappa shape index (κ1) is 49.7. The number of carbonyl (C=O) groups is 3. The topological polar surface area (TPSA) is 309 Å². The number of hydrogen-bond donors (Lipinski definition) is 10. The second-order valence-corrected chi connectivity index (χ2v) is 16.7. The van der Waals surface area contributed by atoms with Gasteiger partial charge in [0, 0.05) is 49.6 Å². The third-order valence-electron chi connectivity index (χ3n) is 12.0. The van der Waals surface area contributed by atoms with E-state index in [0.717, 1.165) is 16.7 Å². The van der Waals surface area contributed by atoms with Gasteiger partial charge in [-0.1, -0.05) is 23.8 Å². The third kappa shape index (κ3) is 10.6. The molecule has 68 heavy (non-hydrogen) atoms. The van der Waals surface area contributed by atoms with Crippen molar-refractivity contribution in [3.63, 3.8) is 0 Å². The van der Waals surface area contributed by atoms with Gasteiger partial charge in [-0.2, -0.15) is 9.90 Å². The summed E-state index contributed by atoms with van der Waals surface area (Å²) in [5.74, 6) is -3.37. The molecule has 3 aliphatic heterocycles. The van der Waals surface area contributed by atoms with Gasteiger partial charge >= 0.3 is 11.9 Å². The van der Waals surface area contributed by atoms with Crippen molar-refractivity contribution in [2.24, 2.45) is 4.99 Å².